The van der Waals surface area contributed by atoms with Crippen LogP contribution >= 0.6 is 0 Å². The second-order valence-electron chi connectivity index (χ2n) is 8.69. The number of nitrogens with one attached hydrogen (secondary N) is 1. The highest BCUT2D eigenvalue weighted by Crippen LogP contribution is 2.30. The van der Waals surface area contributed by atoms with Crippen LogP contribution in [0, 0.1) is 5.92 Å². The number of hydrogen-bond donors (Lipinski definition) is 1. The van der Waals surface area contributed by atoms with Gasteiger partial charge in [-0.2, -0.15) is 0 Å². The Morgan fingerprint density at radius 1 is 1.06 bits per heavy atom. The number of piperidine rings is 1. The molecule has 172 valence electrons. The number of carbonyl (C=O) groups is 1. The first-order chi connectivity index (χ1) is 15.7. The molecule has 2 aliphatic rings. The zero-order valence-electron chi connectivity index (χ0n) is 18.9. The van der Waals surface area contributed by atoms with E-state index in [0.717, 1.165) is 69.0 Å². The fourth-order valence-electron chi connectivity index (χ4n) is 4.44. The number of amides is 1. The fraction of sp³-hybridized carbons (Fsp3) is 0.500. The molecule has 0 aliphatic carbocycles. The number of carbonyl (C=O) groups excluding carboxylic acids is 1. The van der Waals surface area contributed by atoms with Crippen molar-refractivity contribution in [1.29, 1.82) is 0 Å². The van der Waals surface area contributed by atoms with Crippen LogP contribution in [0.3, 0.4) is 0 Å². The summed E-state index contributed by atoms with van der Waals surface area (Å²) in [5, 5.41) is 3.09. The molecule has 1 amide bonds. The molecule has 6 nitrogen and oxygen atoms in total. The zero-order valence-corrected chi connectivity index (χ0v) is 18.9. The minimum atomic E-state index is 0.107. The van der Waals surface area contributed by atoms with E-state index in [4.69, 9.17) is 14.2 Å². The first kappa shape index (κ1) is 22.6. The molecule has 2 aromatic carbocycles. The van der Waals surface area contributed by atoms with Gasteiger partial charge in [0, 0.05) is 25.6 Å². The van der Waals surface area contributed by atoms with Gasteiger partial charge < -0.3 is 19.5 Å². The van der Waals surface area contributed by atoms with Crippen molar-refractivity contribution in [2.75, 3.05) is 33.4 Å². The summed E-state index contributed by atoms with van der Waals surface area (Å²) in [6.45, 7) is 4.68. The lowest BCUT2D eigenvalue weighted by molar-refractivity contribution is -0.127. The van der Waals surface area contributed by atoms with Crippen LogP contribution in [-0.2, 0) is 22.7 Å². The van der Waals surface area contributed by atoms with Gasteiger partial charge in [0.1, 0.15) is 6.61 Å². The van der Waals surface area contributed by atoms with Crippen LogP contribution < -0.4 is 14.8 Å². The average Bonchev–Trinajstić information content (AvgIpc) is 3.36. The molecule has 2 fully saturated rings. The lowest BCUT2D eigenvalue weighted by atomic mass is 9.95. The molecular weight excluding hydrogens is 404 g/mol. The summed E-state index contributed by atoms with van der Waals surface area (Å²) in [5.41, 5.74) is 2.32. The average molecular weight is 439 g/mol. The summed E-state index contributed by atoms with van der Waals surface area (Å²) in [6.07, 6.45) is 4.15. The molecule has 0 bridgehead atoms. The lowest BCUT2D eigenvalue weighted by Crippen LogP contribution is -2.42. The highest BCUT2D eigenvalue weighted by atomic mass is 16.5. The maximum Gasteiger partial charge on any atom is 0.223 e. The van der Waals surface area contributed by atoms with E-state index >= 15 is 0 Å². The minimum Gasteiger partial charge on any atom is -0.493 e. The fourth-order valence-corrected chi connectivity index (χ4v) is 4.44. The third kappa shape index (κ3) is 6.24. The standard InChI is InChI=1S/C26H34N2O4/c1-30-25-16-21(9-10-24(25)32-19-20-6-3-2-4-7-20)18-28-13-11-22(12-14-28)26(29)27-17-23-8-5-15-31-23/h2-4,6-7,9-10,16,22-23H,5,8,11-15,17-19H2,1H3,(H,27,29). The minimum absolute atomic E-state index is 0.107. The number of hydrogen-bond acceptors (Lipinski definition) is 5. The van der Waals surface area contributed by atoms with Crippen molar-refractivity contribution in [3.63, 3.8) is 0 Å². The van der Waals surface area contributed by atoms with E-state index in [-0.39, 0.29) is 17.9 Å². The van der Waals surface area contributed by atoms with Gasteiger partial charge in [-0.15, -0.1) is 0 Å². The molecule has 2 heterocycles. The molecule has 1 atom stereocenters. The quantitative estimate of drug-likeness (QED) is 0.646. The molecule has 0 aromatic heterocycles. The van der Waals surface area contributed by atoms with Crippen LogP contribution in [0.25, 0.3) is 0 Å². The highest BCUT2D eigenvalue weighted by Gasteiger charge is 2.26. The SMILES string of the molecule is COc1cc(CN2CCC(C(=O)NCC3CCCO3)CC2)ccc1OCc1ccccc1. The van der Waals surface area contributed by atoms with Gasteiger partial charge >= 0.3 is 0 Å². The van der Waals surface area contributed by atoms with Crippen molar-refractivity contribution in [1.82, 2.24) is 10.2 Å². The van der Waals surface area contributed by atoms with Crippen LogP contribution in [0.4, 0.5) is 0 Å². The Hall–Kier alpha value is -2.57. The molecule has 1 N–H and O–H groups in total. The molecular formula is C26H34N2O4. The number of ether oxygens (including phenoxy) is 3. The maximum absolute atomic E-state index is 12.5. The summed E-state index contributed by atoms with van der Waals surface area (Å²) < 4.78 is 17.1. The van der Waals surface area contributed by atoms with Crippen LogP contribution in [-0.4, -0.2) is 50.3 Å². The van der Waals surface area contributed by atoms with Crippen molar-refractivity contribution in [3.8, 4) is 11.5 Å². The molecule has 0 saturated carbocycles. The van der Waals surface area contributed by atoms with Gasteiger partial charge in [-0.05, 0) is 62.0 Å². The molecule has 0 radical (unpaired) electrons. The monoisotopic (exact) mass is 438 g/mol. The molecule has 2 aromatic rings. The molecule has 4 rings (SSSR count). The number of rotatable bonds is 9. The van der Waals surface area contributed by atoms with E-state index in [1.54, 1.807) is 7.11 Å². The van der Waals surface area contributed by atoms with E-state index in [9.17, 15) is 4.79 Å². The highest BCUT2D eigenvalue weighted by molar-refractivity contribution is 5.78. The second-order valence-corrected chi connectivity index (χ2v) is 8.69. The number of likely N-dealkylation sites (tertiary alicyclic amines) is 1. The largest absolute Gasteiger partial charge is 0.493 e. The maximum atomic E-state index is 12.5. The Kier molecular flexibility index (Phi) is 8.02. The lowest BCUT2D eigenvalue weighted by Gasteiger charge is -2.31. The number of methoxy groups -OCH3 is 1. The third-order valence-electron chi connectivity index (χ3n) is 6.36. The van der Waals surface area contributed by atoms with Gasteiger partial charge in [-0.1, -0.05) is 36.4 Å². The second kappa shape index (κ2) is 11.3. The normalized spacial score (nSPS) is 19.6. The van der Waals surface area contributed by atoms with E-state index in [2.05, 4.69) is 22.3 Å². The Morgan fingerprint density at radius 2 is 1.88 bits per heavy atom. The molecule has 2 saturated heterocycles. The number of nitrogens with zero attached hydrogens (tertiary/aromatic N) is 1. The number of benzene rings is 2. The van der Waals surface area contributed by atoms with Gasteiger partial charge in [0.05, 0.1) is 13.2 Å². The predicted octanol–water partition coefficient (Wildman–Crippen LogP) is 3.78. The van der Waals surface area contributed by atoms with Gasteiger partial charge in [0.25, 0.3) is 0 Å². The zero-order chi connectivity index (χ0) is 22.2. The summed E-state index contributed by atoms with van der Waals surface area (Å²) in [7, 11) is 1.68. The van der Waals surface area contributed by atoms with Gasteiger partial charge in [-0.3, -0.25) is 9.69 Å². The molecule has 1 unspecified atom stereocenters. The van der Waals surface area contributed by atoms with Crippen molar-refractivity contribution in [3.05, 3.63) is 59.7 Å². The summed E-state index contributed by atoms with van der Waals surface area (Å²) in [5.74, 6) is 1.79. The summed E-state index contributed by atoms with van der Waals surface area (Å²) in [4.78, 5) is 14.9. The van der Waals surface area contributed by atoms with Crippen molar-refractivity contribution in [2.24, 2.45) is 5.92 Å². The molecule has 0 spiro atoms. The van der Waals surface area contributed by atoms with Crippen LogP contribution in [0.5, 0.6) is 11.5 Å². The van der Waals surface area contributed by atoms with Gasteiger partial charge in [-0.25, -0.2) is 0 Å². The Labute approximate surface area is 190 Å². The Bertz CT molecular complexity index is 859. The van der Waals surface area contributed by atoms with Gasteiger partial charge in [0.2, 0.25) is 5.91 Å². The first-order valence-electron chi connectivity index (χ1n) is 11.7. The van der Waals surface area contributed by atoms with E-state index in [0.29, 0.717) is 13.2 Å². The molecule has 32 heavy (non-hydrogen) atoms. The summed E-state index contributed by atoms with van der Waals surface area (Å²) >= 11 is 0. The smallest absolute Gasteiger partial charge is 0.223 e. The van der Waals surface area contributed by atoms with E-state index in [1.807, 2.05) is 36.4 Å². The van der Waals surface area contributed by atoms with Crippen LogP contribution in [0.2, 0.25) is 0 Å². The van der Waals surface area contributed by atoms with E-state index in [1.165, 1.54) is 5.56 Å². The van der Waals surface area contributed by atoms with Crippen molar-refractivity contribution >= 4 is 5.91 Å². The Balaban J connectivity index is 1.24. The van der Waals surface area contributed by atoms with E-state index < -0.39 is 0 Å². The van der Waals surface area contributed by atoms with Crippen molar-refractivity contribution in [2.45, 2.75) is 44.9 Å². The molecule has 6 heteroatoms. The van der Waals surface area contributed by atoms with Crippen molar-refractivity contribution < 1.29 is 19.0 Å². The van der Waals surface area contributed by atoms with Crippen LogP contribution in [0.15, 0.2) is 48.5 Å². The molecule has 2 aliphatic heterocycles. The Morgan fingerprint density at radius 3 is 2.59 bits per heavy atom. The predicted molar refractivity (Wildman–Crippen MR) is 124 cm³/mol. The van der Waals surface area contributed by atoms with Crippen LogP contribution in [0.1, 0.15) is 36.8 Å². The topological polar surface area (TPSA) is 60.0 Å². The first-order valence-corrected chi connectivity index (χ1v) is 11.7. The third-order valence-corrected chi connectivity index (χ3v) is 6.36. The van der Waals surface area contributed by atoms with Gasteiger partial charge in [0.15, 0.2) is 11.5 Å². The summed E-state index contributed by atoms with van der Waals surface area (Å²) in [6, 6.07) is 16.3.